The summed E-state index contributed by atoms with van der Waals surface area (Å²) >= 11 is 6.76. The summed E-state index contributed by atoms with van der Waals surface area (Å²) in [6, 6.07) is 2.87. The minimum absolute atomic E-state index is 0.164. The number of hydrogen-bond acceptors (Lipinski definition) is 7. The number of nitrogens with zero attached hydrogens (tertiary/aromatic N) is 4. The zero-order chi connectivity index (χ0) is 23.7. The molecular formula is C18H14ClFN4O7S. The van der Waals surface area contributed by atoms with Gasteiger partial charge in [0.25, 0.3) is 5.56 Å². The summed E-state index contributed by atoms with van der Waals surface area (Å²) in [6.07, 6.45) is 0.639. The van der Waals surface area contributed by atoms with E-state index in [2.05, 4.69) is 4.99 Å². The van der Waals surface area contributed by atoms with Crippen molar-refractivity contribution in [2.45, 2.75) is 11.7 Å². The Morgan fingerprint density at radius 3 is 2.53 bits per heavy atom. The minimum atomic E-state index is -1.37. The Hall–Kier alpha value is -3.45. The minimum Gasteiger partial charge on any atom is -0.481 e. The molecule has 1 atom stereocenters. The van der Waals surface area contributed by atoms with Crippen LogP contribution in [0.3, 0.4) is 0 Å². The normalized spacial score (nSPS) is 17.2. The molecule has 2 aromatic rings. The van der Waals surface area contributed by atoms with E-state index in [1.165, 1.54) is 13.2 Å². The molecule has 3 rings (SSSR count). The van der Waals surface area contributed by atoms with Gasteiger partial charge in [-0.1, -0.05) is 23.4 Å². The third-order valence-corrected chi connectivity index (χ3v) is 5.78. The number of aliphatic imine (C=N–C) groups is 1. The fourth-order valence-electron chi connectivity index (χ4n) is 2.84. The average Bonchev–Trinajstić information content (AvgIpc) is 2.96. The molecule has 0 spiro atoms. The van der Waals surface area contributed by atoms with Crippen LogP contribution in [0.15, 0.2) is 39.0 Å². The lowest BCUT2D eigenvalue weighted by atomic mass is 10.2. The van der Waals surface area contributed by atoms with Crippen molar-refractivity contribution < 1.29 is 29.0 Å². The van der Waals surface area contributed by atoms with Crippen molar-refractivity contribution in [2.75, 3.05) is 6.54 Å². The van der Waals surface area contributed by atoms with Crippen LogP contribution in [-0.2, 0) is 21.4 Å². The molecule has 1 amide bonds. The van der Waals surface area contributed by atoms with Crippen LogP contribution in [0.4, 0.5) is 10.1 Å². The van der Waals surface area contributed by atoms with Crippen LogP contribution in [0.2, 0.25) is 5.02 Å². The monoisotopic (exact) mass is 484 g/mol. The Bertz CT molecular complexity index is 1290. The second-order valence-corrected chi connectivity index (χ2v) is 8.13. The van der Waals surface area contributed by atoms with Gasteiger partial charge in [0, 0.05) is 19.3 Å². The molecule has 0 radical (unpaired) electrons. The van der Waals surface area contributed by atoms with Crippen molar-refractivity contribution in [3.63, 3.8) is 0 Å². The Balaban J connectivity index is 2.14. The number of carbonyl (C=O) groups is 3. The maximum Gasteiger partial charge on any atom is 0.335 e. The molecule has 1 unspecified atom stereocenters. The van der Waals surface area contributed by atoms with E-state index in [1.807, 2.05) is 0 Å². The Morgan fingerprint density at radius 1 is 1.22 bits per heavy atom. The highest BCUT2D eigenvalue weighted by molar-refractivity contribution is 8.15. The largest absolute Gasteiger partial charge is 0.481 e. The molecule has 168 valence electrons. The predicted molar refractivity (Wildman–Crippen MR) is 112 cm³/mol. The van der Waals surface area contributed by atoms with Gasteiger partial charge in [-0.3, -0.25) is 24.1 Å². The molecule has 1 aliphatic heterocycles. The third-order valence-electron chi connectivity index (χ3n) is 4.30. The summed E-state index contributed by atoms with van der Waals surface area (Å²) in [6.45, 7) is -0.787. The van der Waals surface area contributed by atoms with Gasteiger partial charge in [-0.25, -0.2) is 18.7 Å². The summed E-state index contributed by atoms with van der Waals surface area (Å²) < 4.78 is 16.2. The summed E-state index contributed by atoms with van der Waals surface area (Å²) in [5.74, 6) is -4.41. The van der Waals surface area contributed by atoms with E-state index >= 15 is 0 Å². The van der Waals surface area contributed by atoms with E-state index in [9.17, 15) is 28.4 Å². The molecule has 0 aliphatic carbocycles. The number of carbonyl (C=O) groups excluding carboxylic acids is 1. The zero-order valence-electron chi connectivity index (χ0n) is 16.2. The standard InChI is InChI=1S/C18H14ClFN4O7S/c1-22-3-2-13(25)24(18(22)31)11-5-10(8(19)4-9(11)20)21-17-23(7-15(28)29)16(30)12(32-17)6-14(26)27/h2-5,12H,6-7H2,1H3,(H,26,27)(H,28,29)/b21-17-. The number of carboxylic acids is 2. The highest BCUT2D eigenvalue weighted by Crippen LogP contribution is 2.35. The molecular weight excluding hydrogens is 471 g/mol. The van der Waals surface area contributed by atoms with Gasteiger partial charge in [0.05, 0.1) is 22.8 Å². The SMILES string of the molecule is Cn1ccc(=O)n(-c2cc(/N=C3\SC(CC(=O)O)C(=O)N3CC(=O)O)c(Cl)cc2F)c1=O. The van der Waals surface area contributed by atoms with Gasteiger partial charge in [-0.05, 0) is 12.1 Å². The third kappa shape index (κ3) is 4.57. The number of halogens is 2. The van der Waals surface area contributed by atoms with E-state index in [-0.39, 0.29) is 15.9 Å². The summed E-state index contributed by atoms with van der Waals surface area (Å²) in [7, 11) is 1.36. The molecule has 2 N–H and O–H groups in total. The molecule has 0 bridgehead atoms. The first-order valence-electron chi connectivity index (χ1n) is 8.78. The quantitative estimate of drug-likeness (QED) is 0.611. The lowest BCUT2D eigenvalue weighted by Gasteiger charge is -2.14. The smallest absolute Gasteiger partial charge is 0.335 e. The molecule has 11 nitrogen and oxygen atoms in total. The van der Waals surface area contributed by atoms with Crippen molar-refractivity contribution >= 4 is 52.1 Å². The van der Waals surface area contributed by atoms with Gasteiger partial charge in [0.2, 0.25) is 5.91 Å². The van der Waals surface area contributed by atoms with E-state index < -0.39 is 58.8 Å². The number of aliphatic carboxylic acids is 2. The Kier molecular flexibility index (Phi) is 6.50. The van der Waals surface area contributed by atoms with Crippen LogP contribution in [-0.4, -0.2) is 59.1 Å². The van der Waals surface area contributed by atoms with Gasteiger partial charge >= 0.3 is 17.6 Å². The number of hydrogen-bond donors (Lipinski definition) is 2. The van der Waals surface area contributed by atoms with Crippen LogP contribution in [0.1, 0.15) is 6.42 Å². The maximum atomic E-state index is 14.6. The van der Waals surface area contributed by atoms with Gasteiger partial charge in [0.1, 0.15) is 17.6 Å². The molecule has 14 heteroatoms. The molecule has 1 aliphatic rings. The zero-order valence-corrected chi connectivity index (χ0v) is 17.8. The van der Waals surface area contributed by atoms with E-state index in [4.69, 9.17) is 21.8 Å². The Labute approximate surface area is 187 Å². The number of aryl methyl sites for hydroxylation is 1. The Morgan fingerprint density at radius 2 is 1.91 bits per heavy atom. The first-order valence-corrected chi connectivity index (χ1v) is 10.0. The lowest BCUT2D eigenvalue weighted by Crippen LogP contribution is -2.37. The lowest BCUT2D eigenvalue weighted by molar-refractivity contribution is -0.142. The summed E-state index contributed by atoms with van der Waals surface area (Å²) in [4.78, 5) is 64.0. The predicted octanol–water partition coefficient (Wildman–Crippen LogP) is 0.819. The van der Waals surface area contributed by atoms with Crippen molar-refractivity contribution in [2.24, 2.45) is 12.0 Å². The first-order chi connectivity index (χ1) is 15.0. The van der Waals surface area contributed by atoms with Crippen LogP contribution < -0.4 is 11.2 Å². The van der Waals surface area contributed by atoms with Gasteiger partial charge < -0.3 is 14.8 Å². The van der Waals surface area contributed by atoms with Gasteiger partial charge in [-0.2, -0.15) is 0 Å². The second-order valence-electron chi connectivity index (χ2n) is 6.55. The number of amides is 1. The fraction of sp³-hybridized carbons (Fsp3) is 0.222. The summed E-state index contributed by atoms with van der Waals surface area (Å²) in [5, 5.41) is 16.5. The number of benzene rings is 1. The first kappa shape index (κ1) is 23.2. The number of carboxylic acid groups (broad SMARTS) is 2. The van der Waals surface area contributed by atoms with Crippen LogP contribution in [0, 0.1) is 5.82 Å². The molecule has 1 fully saturated rings. The van der Waals surface area contributed by atoms with Crippen molar-refractivity contribution in [3.05, 3.63) is 56.1 Å². The molecule has 32 heavy (non-hydrogen) atoms. The molecule has 1 aromatic carbocycles. The summed E-state index contributed by atoms with van der Waals surface area (Å²) in [5.41, 5.74) is -2.27. The van der Waals surface area contributed by atoms with Crippen molar-refractivity contribution in [3.8, 4) is 5.69 Å². The van der Waals surface area contributed by atoms with E-state index in [0.717, 1.165) is 27.7 Å². The molecule has 1 aromatic heterocycles. The van der Waals surface area contributed by atoms with Crippen LogP contribution in [0.25, 0.3) is 5.69 Å². The molecule has 2 heterocycles. The molecule has 0 saturated carbocycles. The highest BCUT2D eigenvalue weighted by atomic mass is 35.5. The molecule has 1 saturated heterocycles. The maximum absolute atomic E-state index is 14.6. The topological polar surface area (TPSA) is 151 Å². The van der Waals surface area contributed by atoms with E-state index in [0.29, 0.717) is 16.3 Å². The van der Waals surface area contributed by atoms with Gasteiger partial charge in [-0.15, -0.1) is 0 Å². The number of thioether (sulfide) groups is 1. The second kappa shape index (κ2) is 8.96. The number of amidine groups is 1. The van der Waals surface area contributed by atoms with Crippen molar-refractivity contribution in [1.82, 2.24) is 14.0 Å². The number of aromatic nitrogens is 2. The van der Waals surface area contributed by atoms with Crippen molar-refractivity contribution in [1.29, 1.82) is 0 Å². The fourth-order valence-corrected chi connectivity index (χ4v) is 4.17. The van der Waals surface area contributed by atoms with E-state index in [1.54, 1.807) is 0 Å². The van der Waals surface area contributed by atoms with Gasteiger partial charge in [0.15, 0.2) is 5.17 Å². The average molecular weight is 485 g/mol. The van der Waals surface area contributed by atoms with Crippen LogP contribution in [0.5, 0.6) is 0 Å². The van der Waals surface area contributed by atoms with Crippen LogP contribution >= 0.6 is 23.4 Å². The number of rotatable bonds is 6. The highest BCUT2D eigenvalue weighted by Gasteiger charge is 2.40.